The molecule has 5 nitrogen and oxygen atoms in total. The molecule has 0 saturated carbocycles. The number of hydrogen-bond donors (Lipinski definition) is 2. The summed E-state index contributed by atoms with van der Waals surface area (Å²) in [7, 11) is 0. The van der Waals surface area contributed by atoms with Crippen molar-refractivity contribution >= 4 is 5.69 Å². The zero-order chi connectivity index (χ0) is 9.84. The minimum Gasteiger partial charge on any atom is -0.393 e. The number of benzene rings is 1. The van der Waals surface area contributed by atoms with E-state index in [2.05, 4.69) is 0 Å². The molecule has 0 aliphatic carbocycles. The number of nitro benzene ring substituents is 1. The lowest BCUT2D eigenvalue weighted by molar-refractivity contribution is -0.384. The maximum Gasteiger partial charge on any atom is 0.269 e. The Morgan fingerprint density at radius 1 is 1.38 bits per heavy atom. The van der Waals surface area contributed by atoms with Gasteiger partial charge in [0.1, 0.15) is 6.10 Å². The fraction of sp³-hybridized carbons (Fsp3) is 0.250. The molecule has 1 atom stereocenters. The maximum absolute atomic E-state index is 10.2. The van der Waals surface area contributed by atoms with Gasteiger partial charge in [-0.05, 0) is 17.7 Å². The third-order valence-corrected chi connectivity index (χ3v) is 1.66. The van der Waals surface area contributed by atoms with E-state index in [1.54, 1.807) is 0 Å². The number of rotatable bonds is 3. The van der Waals surface area contributed by atoms with Crippen molar-refractivity contribution in [2.75, 3.05) is 6.61 Å². The first-order chi connectivity index (χ1) is 6.15. The fourth-order valence-corrected chi connectivity index (χ4v) is 0.924. The van der Waals surface area contributed by atoms with E-state index in [-0.39, 0.29) is 5.69 Å². The summed E-state index contributed by atoms with van der Waals surface area (Å²) < 4.78 is 0. The van der Waals surface area contributed by atoms with Crippen LogP contribution in [-0.2, 0) is 0 Å². The lowest BCUT2D eigenvalue weighted by atomic mass is 10.1. The zero-order valence-electron chi connectivity index (χ0n) is 6.75. The van der Waals surface area contributed by atoms with Gasteiger partial charge >= 0.3 is 0 Å². The first kappa shape index (κ1) is 9.63. The SMILES string of the molecule is O=[N+]([O-])c1ccc([C@@H](O)CO)cc1. The van der Waals surface area contributed by atoms with Gasteiger partial charge < -0.3 is 10.2 Å². The molecule has 0 bridgehead atoms. The molecule has 0 aromatic heterocycles. The van der Waals surface area contributed by atoms with Gasteiger partial charge in [-0.3, -0.25) is 10.1 Å². The topological polar surface area (TPSA) is 83.6 Å². The van der Waals surface area contributed by atoms with Gasteiger partial charge in [0, 0.05) is 12.1 Å². The molecule has 0 aliphatic rings. The maximum atomic E-state index is 10.2. The summed E-state index contributed by atoms with van der Waals surface area (Å²) in [6.07, 6.45) is -0.971. The average Bonchev–Trinajstić information content (AvgIpc) is 2.17. The van der Waals surface area contributed by atoms with E-state index in [9.17, 15) is 10.1 Å². The summed E-state index contributed by atoms with van der Waals surface area (Å²) in [6, 6.07) is 5.40. The van der Waals surface area contributed by atoms with Crippen LogP contribution in [-0.4, -0.2) is 21.7 Å². The predicted octanol–water partition coefficient (Wildman–Crippen LogP) is 0.620. The molecule has 0 fully saturated rings. The number of aliphatic hydroxyl groups excluding tert-OH is 2. The van der Waals surface area contributed by atoms with Gasteiger partial charge in [0.15, 0.2) is 0 Å². The first-order valence-corrected chi connectivity index (χ1v) is 3.68. The summed E-state index contributed by atoms with van der Waals surface area (Å²) in [6.45, 7) is -0.391. The summed E-state index contributed by atoms with van der Waals surface area (Å²) in [4.78, 5) is 9.73. The quantitative estimate of drug-likeness (QED) is 0.531. The number of nitro groups is 1. The van der Waals surface area contributed by atoms with Gasteiger partial charge in [-0.2, -0.15) is 0 Å². The molecule has 13 heavy (non-hydrogen) atoms. The molecule has 0 radical (unpaired) electrons. The Morgan fingerprint density at radius 2 is 1.92 bits per heavy atom. The normalized spacial score (nSPS) is 12.5. The largest absolute Gasteiger partial charge is 0.393 e. The van der Waals surface area contributed by atoms with E-state index in [0.717, 1.165) is 0 Å². The van der Waals surface area contributed by atoms with E-state index in [4.69, 9.17) is 10.2 Å². The summed E-state index contributed by atoms with van der Waals surface area (Å²) in [5, 5.41) is 28.0. The van der Waals surface area contributed by atoms with Gasteiger partial charge in [-0.15, -0.1) is 0 Å². The van der Waals surface area contributed by atoms with Crippen LogP contribution in [0.1, 0.15) is 11.7 Å². The third-order valence-electron chi connectivity index (χ3n) is 1.66. The van der Waals surface area contributed by atoms with Gasteiger partial charge in [0.05, 0.1) is 11.5 Å². The van der Waals surface area contributed by atoms with Crippen LogP contribution < -0.4 is 0 Å². The zero-order valence-corrected chi connectivity index (χ0v) is 6.75. The minimum absolute atomic E-state index is 0.0334. The second-order valence-electron chi connectivity index (χ2n) is 2.55. The van der Waals surface area contributed by atoms with E-state index < -0.39 is 17.6 Å². The van der Waals surface area contributed by atoms with Crippen molar-refractivity contribution in [3.05, 3.63) is 39.9 Å². The van der Waals surface area contributed by atoms with Crippen LogP contribution in [0.25, 0.3) is 0 Å². The summed E-state index contributed by atoms with van der Waals surface area (Å²) >= 11 is 0. The van der Waals surface area contributed by atoms with E-state index in [1.165, 1.54) is 24.3 Å². The van der Waals surface area contributed by atoms with Crippen LogP contribution in [0.5, 0.6) is 0 Å². The van der Waals surface area contributed by atoms with Gasteiger partial charge in [0.25, 0.3) is 5.69 Å². The molecule has 0 unspecified atom stereocenters. The predicted molar refractivity (Wildman–Crippen MR) is 45.1 cm³/mol. The van der Waals surface area contributed by atoms with Crippen molar-refractivity contribution < 1.29 is 15.1 Å². The van der Waals surface area contributed by atoms with Crippen molar-refractivity contribution in [1.82, 2.24) is 0 Å². The Hall–Kier alpha value is -1.46. The van der Waals surface area contributed by atoms with E-state index >= 15 is 0 Å². The molecular formula is C8H9NO4. The average molecular weight is 183 g/mol. The summed E-state index contributed by atoms with van der Waals surface area (Å²) in [5.41, 5.74) is 0.432. The van der Waals surface area contributed by atoms with Crippen molar-refractivity contribution in [2.24, 2.45) is 0 Å². The number of aliphatic hydroxyl groups is 2. The van der Waals surface area contributed by atoms with Crippen LogP contribution in [0.2, 0.25) is 0 Å². The standard InChI is InChI=1S/C8H9NO4/c10-5-8(11)6-1-3-7(4-2-6)9(12)13/h1-4,8,10-11H,5H2/t8-/m0/s1. The Balaban J connectivity index is 2.87. The second-order valence-corrected chi connectivity index (χ2v) is 2.55. The molecule has 1 aromatic carbocycles. The molecular weight excluding hydrogens is 174 g/mol. The highest BCUT2D eigenvalue weighted by Crippen LogP contribution is 2.16. The molecule has 0 amide bonds. The fourth-order valence-electron chi connectivity index (χ4n) is 0.924. The van der Waals surface area contributed by atoms with Crippen molar-refractivity contribution in [3.8, 4) is 0 Å². The third kappa shape index (κ3) is 2.24. The lowest BCUT2D eigenvalue weighted by Crippen LogP contribution is -2.02. The van der Waals surface area contributed by atoms with Crippen molar-refractivity contribution in [3.63, 3.8) is 0 Å². The smallest absolute Gasteiger partial charge is 0.269 e. The van der Waals surface area contributed by atoms with Crippen LogP contribution >= 0.6 is 0 Å². The molecule has 5 heteroatoms. The molecule has 70 valence electrons. The number of hydrogen-bond acceptors (Lipinski definition) is 4. The Bertz CT molecular complexity index is 296. The van der Waals surface area contributed by atoms with Crippen molar-refractivity contribution in [1.29, 1.82) is 0 Å². The molecule has 0 heterocycles. The molecule has 1 aromatic rings. The molecule has 1 rings (SSSR count). The highest BCUT2D eigenvalue weighted by Gasteiger charge is 2.08. The highest BCUT2D eigenvalue weighted by molar-refractivity contribution is 5.33. The van der Waals surface area contributed by atoms with Gasteiger partial charge in [-0.1, -0.05) is 0 Å². The van der Waals surface area contributed by atoms with E-state index in [1.807, 2.05) is 0 Å². The van der Waals surface area contributed by atoms with E-state index in [0.29, 0.717) is 5.56 Å². The lowest BCUT2D eigenvalue weighted by Gasteiger charge is -2.05. The highest BCUT2D eigenvalue weighted by atomic mass is 16.6. The van der Waals surface area contributed by atoms with Crippen LogP contribution in [0.15, 0.2) is 24.3 Å². The monoisotopic (exact) mass is 183 g/mol. The van der Waals surface area contributed by atoms with Crippen LogP contribution in [0.3, 0.4) is 0 Å². The summed E-state index contributed by atoms with van der Waals surface area (Å²) in [5.74, 6) is 0. The Morgan fingerprint density at radius 3 is 2.31 bits per heavy atom. The van der Waals surface area contributed by atoms with Gasteiger partial charge in [-0.25, -0.2) is 0 Å². The van der Waals surface area contributed by atoms with Crippen LogP contribution in [0.4, 0.5) is 5.69 Å². The second kappa shape index (κ2) is 3.97. The number of non-ortho nitro benzene ring substituents is 1. The van der Waals surface area contributed by atoms with Gasteiger partial charge in [0.2, 0.25) is 0 Å². The Labute approximate surface area is 74.4 Å². The Kier molecular flexibility index (Phi) is 2.94. The molecule has 0 aliphatic heterocycles. The van der Waals surface area contributed by atoms with Crippen LogP contribution in [0, 0.1) is 10.1 Å². The molecule has 0 saturated heterocycles. The molecule has 0 spiro atoms. The first-order valence-electron chi connectivity index (χ1n) is 3.68. The number of nitrogens with zero attached hydrogens (tertiary/aromatic N) is 1. The molecule has 2 N–H and O–H groups in total. The minimum atomic E-state index is -0.971. The van der Waals surface area contributed by atoms with Crippen molar-refractivity contribution in [2.45, 2.75) is 6.10 Å².